The second-order valence-corrected chi connectivity index (χ2v) is 3.57. The summed E-state index contributed by atoms with van der Waals surface area (Å²) >= 11 is 0. The van der Waals surface area contributed by atoms with Crippen LogP contribution in [-0.2, 0) is 6.42 Å². The first-order valence-corrected chi connectivity index (χ1v) is 4.91. The molecule has 0 atom stereocenters. The molecule has 1 aromatic rings. The lowest BCUT2D eigenvalue weighted by Gasteiger charge is -2.25. The molecular formula is C9H13N3O2. The van der Waals surface area contributed by atoms with Crippen LogP contribution < -0.4 is 0 Å². The van der Waals surface area contributed by atoms with E-state index in [0.717, 1.165) is 19.3 Å². The highest BCUT2D eigenvalue weighted by Gasteiger charge is 2.27. The standard InChI is InChI=1S/C9H13N3O2/c1-2-7-8(9(13)14)12(11-10-7)6-4-3-5-6/h6H,2-5H2,1H3,(H,13,14). The summed E-state index contributed by atoms with van der Waals surface area (Å²) in [6.45, 7) is 1.89. The van der Waals surface area contributed by atoms with E-state index in [9.17, 15) is 4.79 Å². The fourth-order valence-electron chi connectivity index (χ4n) is 1.67. The van der Waals surface area contributed by atoms with E-state index in [2.05, 4.69) is 10.3 Å². The smallest absolute Gasteiger partial charge is 0.356 e. The molecule has 1 heterocycles. The molecule has 0 aromatic carbocycles. The highest BCUT2D eigenvalue weighted by Crippen LogP contribution is 2.32. The zero-order valence-electron chi connectivity index (χ0n) is 8.10. The first-order valence-electron chi connectivity index (χ1n) is 4.91. The summed E-state index contributed by atoms with van der Waals surface area (Å²) in [7, 11) is 0. The molecule has 1 saturated carbocycles. The summed E-state index contributed by atoms with van der Waals surface area (Å²) in [5.74, 6) is -0.918. The van der Waals surface area contributed by atoms with Crippen molar-refractivity contribution in [2.75, 3.05) is 0 Å². The zero-order chi connectivity index (χ0) is 10.1. The van der Waals surface area contributed by atoms with E-state index in [1.54, 1.807) is 4.68 Å². The third-order valence-corrected chi connectivity index (χ3v) is 2.72. The van der Waals surface area contributed by atoms with Gasteiger partial charge >= 0.3 is 5.97 Å². The van der Waals surface area contributed by atoms with E-state index in [-0.39, 0.29) is 11.7 Å². The summed E-state index contributed by atoms with van der Waals surface area (Å²) in [5.41, 5.74) is 0.863. The number of carbonyl (C=O) groups is 1. The van der Waals surface area contributed by atoms with E-state index in [4.69, 9.17) is 5.11 Å². The summed E-state index contributed by atoms with van der Waals surface area (Å²) in [5, 5.41) is 16.8. The molecular weight excluding hydrogens is 182 g/mol. The summed E-state index contributed by atoms with van der Waals surface area (Å²) in [4.78, 5) is 11.0. The van der Waals surface area contributed by atoms with Gasteiger partial charge in [-0.15, -0.1) is 5.10 Å². The number of rotatable bonds is 3. The maximum Gasteiger partial charge on any atom is 0.356 e. The van der Waals surface area contributed by atoms with Crippen LogP contribution in [0.3, 0.4) is 0 Å². The normalized spacial score (nSPS) is 16.6. The van der Waals surface area contributed by atoms with Crippen LogP contribution in [0, 0.1) is 0 Å². The monoisotopic (exact) mass is 195 g/mol. The predicted octanol–water partition coefficient (Wildman–Crippen LogP) is 1.26. The number of nitrogens with zero attached hydrogens (tertiary/aromatic N) is 3. The molecule has 1 aliphatic rings. The van der Waals surface area contributed by atoms with E-state index in [1.807, 2.05) is 6.92 Å². The number of carboxylic acid groups (broad SMARTS) is 1. The van der Waals surface area contributed by atoms with Gasteiger partial charge in [-0.1, -0.05) is 12.1 Å². The molecule has 1 aromatic heterocycles. The molecule has 0 saturated heterocycles. The van der Waals surface area contributed by atoms with Gasteiger partial charge in [0.25, 0.3) is 0 Å². The first kappa shape index (κ1) is 9.18. The van der Waals surface area contributed by atoms with Gasteiger partial charge < -0.3 is 5.11 Å². The van der Waals surface area contributed by atoms with Gasteiger partial charge in [0.2, 0.25) is 0 Å². The third kappa shape index (κ3) is 1.29. The third-order valence-electron chi connectivity index (χ3n) is 2.72. The fraction of sp³-hybridized carbons (Fsp3) is 0.667. The lowest BCUT2D eigenvalue weighted by Crippen LogP contribution is -2.22. The van der Waals surface area contributed by atoms with Crippen LogP contribution in [0.4, 0.5) is 0 Å². The van der Waals surface area contributed by atoms with Gasteiger partial charge in [-0.3, -0.25) is 0 Å². The van der Waals surface area contributed by atoms with Crippen molar-refractivity contribution in [2.24, 2.45) is 0 Å². The van der Waals surface area contributed by atoms with Gasteiger partial charge in [0, 0.05) is 0 Å². The van der Waals surface area contributed by atoms with Crippen molar-refractivity contribution in [1.29, 1.82) is 0 Å². The van der Waals surface area contributed by atoms with Gasteiger partial charge in [0.1, 0.15) is 0 Å². The van der Waals surface area contributed by atoms with E-state index < -0.39 is 5.97 Å². The average Bonchev–Trinajstić information content (AvgIpc) is 2.44. The van der Waals surface area contributed by atoms with Crippen molar-refractivity contribution in [1.82, 2.24) is 15.0 Å². The van der Waals surface area contributed by atoms with Gasteiger partial charge in [0.15, 0.2) is 5.69 Å². The highest BCUT2D eigenvalue weighted by molar-refractivity contribution is 5.86. The zero-order valence-corrected chi connectivity index (χ0v) is 8.10. The second kappa shape index (κ2) is 3.40. The van der Waals surface area contributed by atoms with Gasteiger partial charge in [0.05, 0.1) is 11.7 Å². The molecule has 2 rings (SSSR count). The van der Waals surface area contributed by atoms with Crippen LogP contribution in [0.1, 0.15) is 48.4 Å². The molecule has 0 radical (unpaired) electrons. The molecule has 0 aliphatic heterocycles. The van der Waals surface area contributed by atoms with Crippen LogP contribution in [0.15, 0.2) is 0 Å². The Bertz CT molecular complexity index is 355. The molecule has 0 unspecified atom stereocenters. The second-order valence-electron chi connectivity index (χ2n) is 3.57. The van der Waals surface area contributed by atoms with E-state index >= 15 is 0 Å². The van der Waals surface area contributed by atoms with Crippen molar-refractivity contribution in [2.45, 2.75) is 38.6 Å². The fourth-order valence-corrected chi connectivity index (χ4v) is 1.67. The average molecular weight is 195 g/mol. The molecule has 5 nitrogen and oxygen atoms in total. The minimum absolute atomic E-state index is 0.258. The number of aromatic nitrogens is 3. The Hall–Kier alpha value is -1.39. The van der Waals surface area contributed by atoms with Crippen LogP contribution in [0.2, 0.25) is 0 Å². The van der Waals surface area contributed by atoms with Gasteiger partial charge in [-0.05, 0) is 25.7 Å². The lowest BCUT2D eigenvalue weighted by molar-refractivity contribution is 0.0674. The molecule has 1 aliphatic carbocycles. The molecule has 1 N–H and O–H groups in total. The number of hydrogen-bond acceptors (Lipinski definition) is 3. The molecule has 0 spiro atoms. The van der Waals surface area contributed by atoms with Gasteiger partial charge in [-0.2, -0.15) is 0 Å². The molecule has 5 heteroatoms. The van der Waals surface area contributed by atoms with E-state index in [0.29, 0.717) is 12.1 Å². The Morgan fingerprint density at radius 3 is 2.79 bits per heavy atom. The summed E-state index contributed by atoms with van der Waals surface area (Å²) < 4.78 is 1.57. The van der Waals surface area contributed by atoms with E-state index in [1.165, 1.54) is 0 Å². The number of hydrogen-bond donors (Lipinski definition) is 1. The van der Waals surface area contributed by atoms with Crippen LogP contribution >= 0.6 is 0 Å². The quantitative estimate of drug-likeness (QED) is 0.788. The Kier molecular flexibility index (Phi) is 2.23. The first-order chi connectivity index (χ1) is 6.74. The molecule has 76 valence electrons. The maximum atomic E-state index is 11.0. The SMILES string of the molecule is CCc1nnn(C2CCC2)c1C(=O)O. The molecule has 0 amide bonds. The number of aromatic carboxylic acids is 1. The topological polar surface area (TPSA) is 68.0 Å². The minimum Gasteiger partial charge on any atom is -0.476 e. The Balaban J connectivity index is 2.38. The maximum absolute atomic E-state index is 11.0. The lowest BCUT2D eigenvalue weighted by atomic mass is 9.93. The Morgan fingerprint density at radius 2 is 2.36 bits per heavy atom. The predicted molar refractivity (Wildman–Crippen MR) is 49.2 cm³/mol. The molecule has 0 bridgehead atoms. The van der Waals surface area contributed by atoms with Crippen LogP contribution in [0.25, 0.3) is 0 Å². The van der Waals surface area contributed by atoms with Crippen molar-refractivity contribution in [3.63, 3.8) is 0 Å². The minimum atomic E-state index is -0.918. The number of aryl methyl sites for hydroxylation is 1. The highest BCUT2D eigenvalue weighted by atomic mass is 16.4. The number of carboxylic acids is 1. The van der Waals surface area contributed by atoms with Crippen LogP contribution in [-0.4, -0.2) is 26.1 Å². The Morgan fingerprint density at radius 1 is 1.64 bits per heavy atom. The van der Waals surface area contributed by atoms with Crippen molar-refractivity contribution in [3.8, 4) is 0 Å². The largest absolute Gasteiger partial charge is 0.476 e. The summed E-state index contributed by atoms with van der Waals surface area (Å²) in [6, 6.07) is 0.258. The Labute approximate surface area is 81.7 Å². The van der Waals surface area contributed by atoms with Crippen molar-refractivity contribution >= 4 is 5.97 Å². The molecule has 1 fully saturated rings. The van der Waals surface area contributed by atoms with Crippen LogP contribution in [0.5, 0.6) is 0 Å². The summed E-state index contributed by atoms with van der Waals surface area (Å²) in [6.07, 6.45) is 3.82. The molecule has 14 heavy (non-hydrogen) atoms. The van der Waals surface area contributed by atoms with Gasteiger partial charge in [-0.25, -0.2) is 9.48 Å². The van der Waals surface area contributed by atoms with Crippen molar-refractivity contribution < 1.29 is 9.90 Å². The van der Waals surface area contributed by atoms with Crippen molar-refractivity contribution in [3.05, 3.63) is 11.4 Å².